The molecule has 0 fully saturated rings. The zero-order valence-electron chi connectivity index (χ0n) is 10.4. The zero-order chi connectivity index (χ0) is 12.0. The summed E-state index contributed by atoms with van der Waals surface area (Å²) < 4.78 is 0. The van der Waals surface area contributed by atoms with Crippen LogP contribution >= 0.6 is 0 Å². The van der Waals surface area contributed by atoms with E-state index in [0.717, 1.165) is 18.7 Å². The molecular formula is C13H20N2O. The van der Waals surface area contributed by atoms with E-state index >= 15 is 0 Å². The Hall–Kier alpha value is -1.22. The Morgan fingerprint density at radius 3 is 2.62 bits per heavy atom. The number of carbonyl (C=O) groups is 1. The standard InChI is InChI=1S/C13H20N2O/c1-4-11-5-6-12(14-10-11)9-13(16)7-8-15(2)3/h5-6,10H,4,7-9H2,1-3H3. The van der Waals surface area contributed by atoms with E-state index in [1.165, 1.54) is 5.56 Å². The Morgan fingerprint density at radius 2 is 2.12 bits per heavy atom. The Morgan fingerprint density at radius 1 is 1.38 bits per heavy atom. The third-order valence-corrected chi connectivity index (χ3v) is 2.51. The highest BCUT2D eigenvalue weighted by atomic mass is 16.1. The minimum absolute atomic E-state index is 0.255. The van der Waals surface area contributed by atoms with Crippen LogP contribution in [0.25, 0.3) is 0 Å². The number of carbonyl (C=O) groups excluding carboxylic acids is 1. The Balaban J connectivity index is 2.43. The van der Waals surface area contributed by atoms with Crippen molar-refractivity contribution in [3.8, 4) is 0 Å². The number of hydrogen-bond acceptors (Lipinski definition) is 3. The molecule has 0 amide bonds. The minimum Gasteiger partial charge on any atom is -0.309 e. The molecule has 0 aliphatic carbocycles. The maximum absolute atomic E-state index is 11.6. The lowest BCUT2D eigenvalue weighted by Gasteiger charge is -2.08. The molecule has 0 radical (unpaired) electrons. The average molecular weight is 220 g/mol. The second kappa shape index (κ2) is 6.38. The van der Waals surface area contributed by atoms with Crippen molar-refractivity contribution in [2.75, 3.05) is 20.6 Å². The predicted molar refractivity (Wildman–Crippen MR) is 65.5 cm³/mol. The smallest absolute Gasteiger partial charge is 0.140 e. The van der Waals surface area contributed by atoms with E-state index in [1.807, 2.05) is 37.3 Å². The number of aromatic nitrogens is 1. The first-order chi connectivity index (χ1) is 7.61. The van der Waals surface area contributed by atoms with Crippen LogP contribution in [0.5, 0.6) is 0 Å². The van der Waals surface area contributed by atoms with Gasteiger partial charge in [0, 0.05) is 31.3 Å². The molecule has 0 aliphatic heterocycles. The fourth-order valence-electron chi connectivity index (χ4n) is 1.41. The molecule has 1 rings (SSSR count). The molecule has 88 valence electrons. The van der Waals surface area contributed by atoms with Crippen molar-refractivity contribution in [2.45, 2.75) is 26.2 Å². The van der Waals surface area contributed by atoms with E-state index in [-0.39, 0.29) is 5.78 Å². The lowest BCUT2D eigenvalue weighted by Crippen LogP contribution is -2.17. The summed E-state index contributed by atoms with van der Waals surface area (Å²) in [6, 6.07) is 3.99. The Labute approximate surface area is 97.5 Å². The molecule has 0 unspecified atom stereocenters. The highest BCUT2D eigenvalue weighted by molar-refractivity contribution is 5.80. The lowest BCUT2D eigenvalue weighted by atomic mass is 10.1. The number of aryl methyl sites for hydroxylation is 1. The first-order valence-corrected chi connectivity index (χ1v) is 5.72. The molecule has 0 N–H and O–H groups in total. The van der Waals surface area contributed by atoms with Gasteiger partial charge >= 0.3 is 0 Å². The van der Waals surface area contributed by atoms with Crippen LogP contribution in [-0.2, 0) is 17.6 Å². The molecule has 0 bridgehead atoms. The third kappa shape index (κ3) is 4.53. The fourth-order valence-corrected chi connectivity index (χ4v) is 1.41. The highest BCUT2D eigenvalue weighted by Gasteiger charge is 2.05. The van der Waals surface area contributed by atoms with Crippen LogP contribution in [0.3, 0.4) is 0 Å². The van der Waals surface area contributed by atoms with Gasteiger partial charge in [0.2, 0.25) is 0 Å². The average Bonchev–Trinajstić information content (AvgIpc) is 2.27. The zero-order valence-corrected chi connectivity index (χ0v) is 10.4. The van der Waals surface area contributed by atoms with Gasteiger partial charge in [-0.25, -0.2) is 0 Å². The van der Waals surface area contributed by atoms with Gasteiger partial charge in [0.25, 0.3) is 0 Å². The van der Waals surface area contributed by atoms with E-state index in [9.17, 15) is 4.79 Å². The van der Waals surface area contributed by atoms with Crippen LogP contribution in [0.4, 0.5) is 0 Å². The summed E-state index contributed by atoms with van der Waals surface area (Å²) in [7, 11) is 3.95. The number of hydrogen-bond donors (Lipinski definition) is 0. The van der Waals surface area contributed by atoms with Gasteiger partial charge in [-0.05, 0) is 32.1 Å². The number of rotatable bonds is 6. The highest BCUT2D eigenvalue weighted by Crippen LogP contribution is 2.03. The number of ketones is 1. The largest absolute Gasteiger partial charge is 0.309 e. The number of pyridine rings is 1. The molecule has 1 heterocycles. The van der Waals surface area contributed by atoms with Crippen LogP contribution in [0.1, 0.15) is 24.6 Å². The summed E-state index contributed by atoms with van der Waals surface area (Å²) in [5.41, 5.74) is 2.09. The second-order valence-corrected chi connectivity index (χ2v) is 4.28. The van der Waals surface area contributed by atoms with Crippen molar-refractivity contribution in [1.29, 1.82) is 0 Å². The first-order valence-electron chi connectivity index (χ1n) is 5.72. The van der Waals surface area contributed by atoms with Crippen LogP contribution in [0, 0.1) is 0 Å². The summed E-state index contributed by atoms with van der Waals surface area (Å²) >= 11 is 0. The molecular weight excluding hydrogens is 200 g/mol. The van der Waals surface area contributed by atoms with Gasteiger partial charge in [0.1, 0.15) is 5.78 Å². The fraction of sp³-hybridized carbons (Fsp3) is 0.538. The summed E-state index contributed by atoms with van der Waals surface area (Å²) in [5, 5.41) is 0. The third-order valence-electron chi connectivity index (χ3n) is 2.51. The molecule has 1 aromatic heterocycles. The Kier molecular flexibility index (Phi) is 5.12. The number of nitrogens with zero attached hydrogens (tertiary/aromatic N) is 2. The topological polar surface area (TPSA) is 33.2 Å². The van der Waals surface area contributed by atoms with Gasteiger partial charge in [0.05, 0.1) is 0 Å². The maximum atomic E-state index is 11.6. The van der Waals surface area contributed by atoms with Crippen LogP contribution in [-0.4, -0.2) is 36.3 Å². The van der Waals surface area contributed by atoms with E-state index in [1.54, 1.807) is 0 Å². The van der Waals surface area contributed by atoms with Crippen LogP contribution in [0.15, 0.2) is 18.3 Å². The molecule has 0 saturated carbocycles. The van der Waals surface area contributed by atoms with Crippen molar-refractivity contribution >= 4 is 5.78 Å². The van der Waals surface area contributed by atoms with Crippen LogP contribution in [0.2, 0.25) is 0 Å². The second-order valence-electron chi connectivity index (χ2n) is 4.28. The normalized spacial score (nSPS) is 10.8. The molecule has 0 saturated heterocycles. The SMILES string of the molecule is CCc1ccc(CC(=O)CCN(C)C)nc1. The summed E-state index contributed by atoms with van der Waals surface area (Å²) in [6.07, 6.45) is 3.90. The molecule has 0 atom stereocenters. The van der Waals surface area contributed by atoms with E-state index < -0.39 is 0 Å². The quantitative estimate of drug-likeness (QED) is 0.731. The lowest BCUT2D eigenvalue weighted by molar-refractivity contribution is -0.118. The van der Waals surface area contributed by atoms with Crippen molar-refractivity contribution in [3.63, 3.8) is 0 Å². The van der Waals surface area contributed by atoms with Gasteiger partial charge < -0.3 is 4.90 Å². The molecule has 0 aliphatic rings. The van der Waals surface area contributed by atoms with Gasteiger partial charge in [-0.3, -0.25) is 9.78 Å². The van der Waals surface area contributed by atoms with Crippen molar-refractivity contribution in [2.24, 2.45) is 0 Å². The van der Waals surface area contributed by atoms with Gasteiger partial charge in [-0.15, -0.1) is 0 Å². The van der Waals surface area contributed by atoms with E-state index in [0.29, 0.717) is 12.8 Å². The molecule has 16 heavy (non-hydrogen) atoms. The monoisotopic (exact) mass is 220 g/mol. The van der Waals surface area contributed by atoms with Crippen molar-refractivity contribution in [1.82, 2.24) is 9.88 Å². The first kappa shape index (κ1) is 12.8. The van der Waals surface area contributed by atoms with Gasteiger partial charge in [0.15, 0.2) is 0 Å². The van der Waals surface area contributed by atoms with Gasteiger partial charge in [-0.2, -0.15) is 0 Å². The minimum atomic E-state index is 0.255. The van der Waals surface area contributed by atoms with E-state index in [2.05, 4.69) is 11.9 Å². The van der Waals surface area contributed by atoms with Crippen molar-refractivity contribution < 1.29 is 4.79 Å². The maximum Gasteiger partial charge on any atom is 0.140 e. The molecule has 0 spiro atoms. The van der Waals surface area contributed by atoms with Crippen molar-refractivity contribution in [3.05, 3.63) is 29.6 Å². The summed E-state index contributed by atoms with van der Waals surface area (Å²) in [6.45, 7) is 2.91. The van der Waals surface area contributed by atoms with Gasteiger partial charge in [-0.1, -0.05) is 13.0 Å². The molecule has 1 aromatic rings. The Bertz CT molecular complexity index is 330. The molecule has 3 heteroatoms. The molecule has 0 aromatic carbocycles. The summed E-state index contributed by atoms with van der Waals surface area (Å²) in [4.78, 5) is 17.9. The number of Topliss-reactive ketones (excluding diaryl/α,β-unsaturated/α-hetero) is 1. The molecule has 3 nitrogen and oxygen atoms in total. The van der Waals surface area contributed by atoms with E-state index in [4.69, 9.17) is 0 Å². The predicted octanol–water partition coefficient (Wildman–Crippen LogP) is 1.71. The van der Waals surface area contributed by atoms with Crippen LogP contribution < -0.4 is 0 Å². The summed E-state index contributed by atoms with van der Waals surface area (Å²) in [5.74, 6) is 0.255.